The molecule has 1 N–H and O–H groups in total. The topological polar surface area (TPSA) is 29.5 Å². The van der Waals surface area contributed by atoms with Crippen LogP contribution in [0.4, 0.5) is 0 Å². The van der Waals surface area contributed by atoms with E-state index in [1.54, 1.807) is 0 Å². The van der Waals surface area contributed by atoms with Crippen LogP contribution in [0.25, 0.3) is 0 Å². The second-order valence-electron chi connectivity index (χ2n) is 5.01. The number of hydrogen-bond donors (Lipinski definition) is 1. The van der Waals surface area contributed by atoms with E-state index >= 15 is 0 Å². The van der Waals surface area contributed by atoms with Crippen LogP contribution in [-0.2, 0) is 4.74 Å². The molecule has 0 aliphatic heterocycles. The molecule has 1 saturated carbocycles. The van der Waals surface area contributed by atoms with Crippen LogP contribution in [0.5, 0.6) is 0 Å². The number of aliphatic hydroxyl groups excluding tert-OH is 1. The van der Waals surface area contributed by atoms with Gasteiger partial charge in [-0.25, -0.2) is 0 Å². The molecule has 2 nitrogen and oxygen atoms in total. The Bertz CT molecular complexity index is 166. The predicted molar refractivity (Wildman–Crippen MR) is 58.3 cm³/mol. The van der Waals surface area contributed by atoms with Crippen molar-refractivity contribution in [1.29, 1.82) is 0 Å². The summed E-state index contributed by atoms with van der Waals surface area (Å²) in [5, 5.41) is 9.62. The van der Waals surface area contributed by atoms with Gasteiger partial charge in [0, 0.05) is 6.61 Å². The Morgan fingerprint density at radius 2 is 2.07 bits per heavy atom. The fourth-order valence-electron chi connectivity index (χ4n) is 1.94. The second-order valence-corrected chi connectivity index (χ2v) is 5.01. The summed E-state index contributed by atoms with van der Waals surface area (Å²) in [5.41, 5.74) is 0.00353. The number of hydrogen-bond acceptors (Lipinski definition) is 2. The molecule has 0 aromatic heterocycles. The molecule has 1 aliphatic carbocycles. The van der Waals surface area contributed by atoms with Crippen molar-refractivity contribution >= 4 is 0 Å². The predicted octanol–water partition coefficient (Wildman–Crippen LogP) is 2.74. The molecule has 0 amide bonds. The van der Waals surface area contributed by atoms with Crippen LogP contribution in [0.15, 0.2) is 0 Å². The van der Waals surface area contributed by atoms with Gasteiger partial charge < -0.3 is 9.84 Å². The molecule has 2 heteroatoms. The highest BCUT2D eigenvalue weighted by molar-refractivity contribution is 4.76. The molecular weight excluding hydrogens is 176 g/mol. The summed E-state index contributed by atoms with van der Waals surface area (Å²) in [6.45, 7) is 7.18. The van der Waals surface area contributed by atoms with Gasteiger partial charge >= 0.3 is 0 Å². The first-order valence-corrected chi connectivity index (χ1v) is 5.87. The minimum Gasteiger partial charge on any atom is -0.393 e. The summed E-state index contributed by atoms with van der Waals surface area (Å²) in [6.07, 6.45) is 5.34. The van der Waals surface area contributed by atoms with Gasteiger partial charge in [-0.3, -0.25) is 0 Å². The van der Waals surface area contributed by atoms with Crippen LogP contribution in [0.3, 0.4) is 0 Å². The molecule has 0 heterocycles. The molecule has 1 rings (SSSR count). The summed E-state index contributed by atoms with van der Waals surface area (Å²) in [4.78, 5) is 0. The molecule has 0 saturated heterocycles. The van der Waals surface area contributed by atoms with Crippen molar-refractivity contribution in [2.45, 2.75) is 64.6 Å². The third-order valence-electron chi connectivity index (χ3n) is 3.45. The Labute approximate surface area is 87.7 Å². The number of aliphatic hydroxyl groups is 1. The summed E-state index contributed by atoms with van der Waals surface area (Å²) in [5.74, 6) is 0.489. The van der Waals surface area contributed by atoms with E-state index in [4.69, 9.17) is 4.74 Å². The minimum absolute atomic E-state index is 0.00353. The van der Waals surface area contributed by atoms with Crippen LogP contribution in [0, 0.1) is 5.92 Å². The van der Waals surface area contributed by atoms with E-state index in [2.05, 4.69) is 20.8 Å². The van der Waals surface area contributed by atoms with E-state index in [0.717, 1.165) is 25.9 Å². The van der Waals surface area contributed by atoms with Crippen LogP contribution >= 0.6 is 0 Å². The van der Waals surface area contributed by atoms with Crippen LogP contribution in [0.2, 0.25) is 0 Å². The molecule has 1 aliphatic rings. The smallest absolute Gasteiger partial charge is 0.0623 e. The molecule has 0 aromatic carbocycles. The van der Waals surface area contributed by atoms with Gasteiger partial charge in [0.25, 0.3) is 0 Å². The lowest BCUT2D eigenvalue weighted by atomic mass is 10.0. The largest absolute Gasteiger partial charge is 0.393 e. The fourth-order valence-corrected chi connectivity index (χ4v) is 1.94. The first-order valence-electron chi connectivity index (χ1n) is 5.87. The lowest BCUT2D eigenvalue weighted by Gasteiger charge is -2.25. The standard InChI is InChI=1S/C12H24O2/c1-4-12(2,3)14-9-8-10-6-5-7-11(10)13/h10-11,13H,4-9H2,1-3H3. The lowest BCUT2D eigenvalue weighted by Crippen LogP contribution is -2.25. The number of ether oxygens (including phenoxy) is 1. The normalized spacial score (nSPS) is 28.3. The fraction of sp³-hybridized carbons (Fsp3) is 1.00. The highest BCUT2D eigenvalue weighted by Crippen LogP contribution is 2.28. The highest BCUT2D eigenvalue weighted by atomic mass is 16.5. The Hall–Kier alpha value is -0.0800. The maximum absolute atomic E-state index is 9.62. The molecule has 0 bridgehead atoms. The van der Waals surface area contributed by atoms with E-state index in [0.29, 0.717) is 5.92 Å². The third-order valence-corrected chi connectivity index (χ3v) is 3.45. The van der Waals surface area contributed by atoms with Gasteiger partial charge in [0.1, 0.15) is 0 Å². The molecule has 0 spiro atoms. The van der Waals surface area contributed by atoms with Crippen molar-refractivity contribution in [2.24, 2.45) is 5.92 Å². The van der Waals surface area contributed by atoms with E-state index in [1.807, 2.05) is 0 Å². The van der Waals surface area contributed by atoms with E-state index in [1.165, 1.54) is 12.8 Å². The van der Waals surface area contributed by atoms with Gasteiger partial charge in [0.15, 0.2) is 0 Å². The zero-order valence-corrected chi connectivity index (χ0v) is 9.75. The van der Waals surface area contributed by atoms with Gasteiger partial charge in [0.05, 0.1) is 11.7 Å². The van der Waals surface area contributed by atoms with Gasteiger partial charge in [-0.2, -0.15) is 0 Å². The Balaban J connectivity index is 2.15. The lowest BCUT2D eigenvalue weighted by molar-refractivity contribution is -0.0310. The minimum atomic E-state index is -0.0664. The van der Waals surface area contributed by atoms with Gasteiger partial charge in [-0.05, 0) is 45.4 Å². The highest BCUT2D eigenvalue weighted by Gasteiger charge is 2.25. The van der Waals surface area contributed by atoms with E-state index in [-0.39, 0.29) is 11.7 Å². The molecule has 1 fully saturated rings. The van der Waals surface area contributed by atoms with Crippen LogP contribution < -0.4 is 0 Å². The monoisotopic (exact) mass is 200 g/mol. The van der Waals surface area contributed by atoms with E-state index < -0.39 is 0 Å². The Kier molecular flexibility index (Phi) is 4.39. The first kappa shape index (κ1) is 12.0. The molecule has 0 radical (unpaired) electrons. The zero-order valence-electron chi connectivity index (χ0n) is 9.75. The maximum atomic E-state index is 9.62. The number of rotatable bonds is 5. The molecule has 0 aromatic rings. The van der Waals surface area contributed by atoms with E-state index in [9.17, 15) is 5.11 Å². The zero-order chi connectivity index (χ0) is 10.6. The molecule has 2 unspecified atom stereocenters. The van der Waals surface area contributed by atoms with Crippen LogP contribution in [0.1, 0.15) is 52.9 Å². The van der Waals surface area contributed by atoms with Crippen molar-refractivity contribution < 1.29 is 9.84 Å². The molecular formula is C12H24O2. The second kappa shape index (κ2) is 5.13. The maximum Gasteiger partial charge on any atom is 0.0623 e. The molecule has 14 heavy (non-hydrogen) atoms. The van der Waals surface area contributed by atoms with Crippen molar-refractivity contribution in [3.8, 4) is 0 Å². The Morgan fingerprint density at radius 1 is 1.36 bits per heavy atom. The average molecular weight is 200 g/mol. The third kappa shape index (κ3) is 3.58. The SMILES string of the molecule is CCC(C)(C)OCCC1CCCC1O. The molecule has 2 atom stereocenters. The van der Waals surface area contributed by atoms with Gasteiger partial charge in [0.2, 0.25) is 0 Å². The summed E-state index contributed by atoms with van der Waals surface area (Å²) in [6, 6.07) is 0. The van der Waals surface area contributed by atoms with Crippen molar-refractivity contribution in [3.63, 3.8) is 0 Å². The summed E-state index contributed by atoms with van der Waals surface area (Å²) >= 11 is 0. The quantitative estimate of drug-likeness (QED) is 0.739. The van der Waals surface area contributed by atoms with Gasteiger partial charge in [-0.1, -0.05) is 13.3 Å². The average Bonchev–Trinajstić information content (AvgIpc) is 2.52. The van der Waals surface area contributed by atoms with Crippen molar-refractivity contribution in [1.82, 2.24) is 0 Å². The first-order chi connectivity index (χ1) is 6.55. The van der Waals surface area contributed by atoms with Crippen LogP contribution in [-0.4, -0.2) is 23.4 Å². The molecule has 84 valence electrons. The van der Waals surface area contributed by atoms with Crippen molar-refractivity contribution in [3.05, 3.63) is 0 Å². The summed E-state index contributed by atoms with van der Waals surface area (Å²) < 4.78 is 5.78. The Morgan fingerprint density at radius 3 is 2.57 bits per heavy atom. The summed E-state index contributed by atoms with van der Waals surface area (Å²) in [7, 11) is 0. The van der Waals surface area contributed by atoms with Crippen molar-refractivity contribution in [2.75, 3.05) is 6.61 Å². The van der Waals surface area contributed by atoms with Gasteiger partial charge in [-0.15, -0.1) is 0 Å².